The van der Waals surface area contributed by atoms with Crippen molar-refractivity contribution in [3.05, 3.63) is 71.1 Å². The highest BCUT2D eigenvalue weighted by Gasteiger charge is 2.33. The third kappa shape index (κ3) is 8.95. The second-order valence-corrected chi connectivity index (χ2v) is 10.4. The van der Waals surface area contributed by atoms with Crippen LogP contribution in [0.2, 0.25) is 0 Å². The van der Waals surface area contributed by atoms with Crippen molar-refractivity contribution in [3.63, 3.8) is 0 Å². The van der Waals surface area contributed by atoms with Crippen molar-refractivity contribution < 1.29 is 38.2 Å². The van der Waals surface area contributed by atoms with Crippen molar-refractivity contribution in [1.29, 1.82) is 0 Å². The van der Waals surface area contributed by atoms with Crippen LogP contribution < -0.4 is 16.4 Å². The normalized spacial score (nSPS) is 29.9. The van der Waals surface area contributed by atoms with E-state index >= 15 is 0 Å². The van der Waals surface area contributed by atoms with E-state index in [0.29, 0.717) is 5.57 Å². The van der Waals surface area contributed by atoms with Crippen LogP contribution in [0.1, 0.15) is 40.5 Å². The molecule has 0 aromatic rings. The lowest BCUT2D eigenvalue weighted by atomic mass is 9.85. The number of nitrogens with two attached hydrogens (primary N) is 1. The van der Waals surface area contributed by atoms with Crippen LogP contribution in [0.25, 0.3) is 0 Å². The minimum atomic E-state index is -1.02. The third-order valence-electron chi connectivity index (χ3n) is 7.01. The molecule has 0 unspecified atom stereocenters. The van der Waals surface area contributed by atoms with Gasteiger partial charge in [-0.05, 0) is 38.2 Å². The first kappa shape index (κ1) is 34.1. The summed E-state index contributed by atoms with van der Waals surface area (Å²) in [5, 5.41) is 5.49. The van der Waals surface area contributed by atoms with Crippen molar-refractivity contribution in [1.82, 2.24) is 10.6 Å². The number of ether oxygens (including phenoxy) is 3. The standard InChI is InChI=1S/C31H41N3O8/c1-8-12-33-26-21-13-17(2)14-25(41-7)27(36)19(4)15-20(5)29(42-31(32)39)24(40-6)11-9-10-18(3)30(38)34-22(28(21)37)16-23(26)35/h8-11,15-17,19,24-25,29,33H,1,12-14H2,2-7H3,(H2,32,39)(H,34,38)/b11-9+,18-10-,20-15+/t17-,19+,24+,25+,29+/m1/s1. The lowest BCUT2D eigenvalue weighted by molar-refractivity contribution is -0.132. The van der Waals surface area contributed by atoms with E-state index in [1.165, 1.54) is 33.3 Å². The molecule has 1 heterocycles. The Labute approximate surface area is 246 Å². The molecule has 2 rings (SSSR count). The highest BCUT2D eigenvalue weighted by Crippen LogP contribution is 2.27. The molecule has 0 saturated carbocycles. The van der Waals surface area contributed by atoms with Gasteiger partial charge in [0, 0.05) is 43.9 Å². The smallest absolute Gasteiger partial charge is 0.405 e. The van der Waals surface area contributed by atoms with Gasteiger partial charge in [0.1, 0.15) is 12.2 Å². The number of carbonyl (C=O) groups is 5. The average molecular weight is 584 g/mol. The molecule has 2 aliphatic rings. The quantitative estimate of drug-likeness (QED) is 0.315. The van der Waals surface area contributed by atoms with Crippen molar-refractivity contribution in [2.75, 3.05) is 20.8 Å². The molecule has 228 valence electrons. The third-order valence-corrected chi connectivity index (χ3v) is 7.01. The van der Waals surface area contributed by atoms with E-state index in [1.54, 1.807) is 32.1 Å². The van der Waals surface area contributed by atoms with Crippen molar-refractivity contribution in [3.8, 4) is 0 Å². The molecule has 1 aliphatic carbocycles. The topological polar surface area (TPSA) is 163 Å². The van der Waals surface area contributed by atoms with E-state index in [1.807, 2.05) is 6.92 Å². The molecule has 2 bridgehead atoms. The highest BCUT2D eigenvalue weighted by molar-refractivity contribution is 6.23. The van der Waals surface area contributed by atoms with Crippen molar-refractivity contribution >= 4 is 29.4 Å². The van der Waals surface area contributed by atoms with Crippen LogP contribution in [0.5, 0.6) is 0 Å². The summed E-state index contributed by atoms with van der Waals surface area (Å²) < 4.78 is 16.4. The Morgan fingerprint density at radius 2 is 1.86 bits per heavy atom. The second-order valence-electron chi connectivity index (χ2n) is 10.4. The summed E-state index contributed by atoms with van der Waals surface area (Å²) in [6.07, 6.45) is 5.69. The van der Waals surface area contributed by atoms with Gasteiger partial charge < -0.3 is 30.6 Å². The van der Waals surface area contributed by atoms with Gasteiger partial charge in [0.2, 0.25) is 11.6 Å². The molecule has 2 amide bonds. The minimum absolute atomic E-state index is 0.129. The van der Waals surface area contributed by atoms with Gasteiger partial charge in [-0.2, -0.15) is 0 Å². The molecule has 1 aliphatic heterocycles. The van der Waals surface area contributed by atoms with Crippen molar-refractivity contribution in [2.45, 2.75) is 58.8 Å². The number of rotatable bonds is 6. The Balaban J connectivity index is 2.63. The largest absolute Gasteiger partial charge is 0.439 e. The fourth-order valence-electron chi connectivity index (χ4n) is 4.79. The number of nitrogens with one attached hydrogen (secondary N) is 2. The van der Waals surface area contributed by atoms with Gasteiger partial charge in [-0.3, -0.25) is 19.2 Å². The number of methoxy groups -OCH3 is 2. The Hall–Kier alpha value is -4.09. The Morgan fingerprint density at radius 1 is 1.17 bits per heavy atom. The van der Waals surface area contributed by atoms with E-state index in [-0.39, 0.29) is 53.6 Å². The van der Waals surface area contributed by atoms with Crippen LogP contribution in [0.3, 0.4) is 0 Å². The summed E-state index contributed by atoms with van der Waals surface area (Å²) in [5.41, 5.74) is 6.26. The Kier molecular flexibility index (Phi) is 12.8. The zero-order valence-corrected chi connectivity index (χ0v) is 25.0. The molecule has 4 N–H and O–H groups in total. The van der Waals surface area contributed by atoms with E-state index in [0.717, 1.165) is 6.08 Å². The molecule has 5 atom stereocenters. The molecule has 0 fully saturated rings. The maximum Gasteiger partial charge on any atom is 0.405 e. The van der Waals surface area contributed by atoms with E-state index < -0.39 is 47.8 Å². The zero-order valence-electron chi connectivity index (χ0n) is 25.0. The zero-order chi connectivity index (χ0) is 31.6. The number of allylic oxidation sites excluding steroid dienone is 5. The van der Waals surface area contributed by atoms with Crippen molar-refractivity contribution in [2.24, 2.45) is 17.6 Å². The van der Waals surface area contributed by atoms with Crippen LogP contribution in [-0.2, 0) is 33.4 Å². The van der Waals surface area contributed by atoms with Gasteiger partial charge in [0.25, 0.3) is 5.91 Å². The monoisotopic (exact) mass is 583 g/mol. The van der Waals surface area contributed by atoms with E-state index in [2.05, 4.69) is 17.2 Å². The first-order valence-corrected chi connectivity index (χ1v) is 13.6. The van der Waals surface area contributed by atoms with Crippen LogP contribution in [0, 0.1) is 11.8 Å². The molecule has 11 nitrogen and oxygen atoms in total. The predicted molar refractivity (Wildman–Crippen MR) is 157 cm³/mol. The fourth-order valence-corrected chi connectivity index (χ4v) is 4.79. The summed E-state index contributed by atoms with van der Waals surface area (Å²) in [5.74, 6) is -2.67. The van der Waals surface area contributed by atoms with Crippen LogP contribution in [0.15, 0.2) is 71.1 Å². The van der Waals surface area contributed by atoms with Gasteiger partial charge in [-0.15, -0.1) is 6.58 Å². The molecule has 0 spiro atoms. The molecule has 0 radical (unpaired) electrons. The lowest BCUT2D eigenvalue weighted by Crippen LogP contribution is -2.36. The Morgan fingerprint density at radius 3 is 2.45 bits per heavy atom. The molecule has 11 heteroatoms. The summed E-state index contributed by atoms with van der Waals surface area (Å²) in [6.45, 7) is 10.7. The summed E-state index contributed by atoms with van der Waals surface area (Å²) in [4.78, 5) is 64.6. The summed E-state index contributed by atoms with van der Waals surface area (Å²) in [6, 6.07) is 0. The summed E-state index contributed by atoms with van der Waals surface area (Å²) in [7, 11) is 2.84. The fraction of sp³-hybridized carbons (Fsp3) is 0.452. The molecule has 0 aromatic heterocycles. The number of ketones is 3. The number of carbonyl (C=O) groups excluding carboxylic acids is 5. The second kappa shape index (κ2) is 15.8. The molecular formula is C31H41N3O8. The average Bonchev–Trinajstić information content (AvgIpc) is 2.94. The molecule has 42 heavy (non-hydrogen) atoms. The van der Waals surface area contributed by atoms with Crippen LogP contribution in [0.4, 0.5) is 4.79 Å². The minimum Gasteiger partial charge on any atom is -0.439 e. The number of hydrogen-bond acceptors (Lipinski definition) is 9. The number of primary amides is 1. The molecule has 0 aromatic carbocycles. The van der Waals surface area contributed by atoms with Gasteiger partial charge in [-0.25, -0.2) is 4.79 Å². The molecular weight excluding hydrogens is 542 g/mol. The Bertz CT molecular complexity index is 1260. The first-order valence-electron chi connectivity index (χ1n) is 13.6. The lowest BCUT2D eigenvalue weighted by Gasteiger charge is -2.26. The van der Waals surface area contributed by atoms with Crippen LogP contribution >= 0.6 is 0 Å². The van der Waals surface area contributed by atoms with Gasteiger partial charge in [-0.1, -0.05) is 44.2 Å². The van der Waals surface area contributed by atoms with Gasteiger partial charge in [0.15, 0.2) is 11.9 Å². The number of hydrogen-bond donors (Lipinski definition) is 3. The van der Waals surface area contributed by atoms with Crippen LogP contribution in [-0.4, -0.2) is 68.4 Å². The number of Topliss-reactive ketones (excluding diaryl/α,β-unsaturated/α-hetero) is 2. The van der Waals surface area contributed by atoms with E-state index in [4.69, 9.17) is 19.9 Å². The SMILES string of the molecule is C=CCNC1=C2C[C@@H](C)C[C@H](OC)C(=O)[C@@H](C)/C=C(\C)[C@H](OC(N)=O)[C@@H](OC)/C=C/C=C(/C)C(=O)NC(=CC1=O)C2=O. The first-order chi connectivity index (χ1) is 19.8. The summed E-state index contributed by atoms with van der Waals surface area (Å²) >= 11 is 0. The predicted octanol–water partition coefficient (Wildman–Crippen LogP) is 2.75. The number of amides is 2. The highest BCUT2D eigenvalue weighted by atomic mass is 16.6. The van der Waals surface area contributed by atoms with Gasteiger partial charge in [0.05, 0.1) is 11.4 Å². The van der Waals surface area contributed by atoms with E-state index in [9.17, 15) is 24.0 Å². The maximum absolute atomic E-state index is 13.5. The maximum atomic E-state index is 13.5. The number of fused-ring (bicyclic) bond motifs is 2. The van der Waals surface area contributed by atoms with Gasteiger partial charge >= 0.3 is 6.09 Å². The molecule has 0 saturated heterocycles.